The number of nitrogens with one attached hydrogen (secondary N) is 1. The highest BCUT2D eigenvalue weighted by atomic mass is 32.1. The van der Waals surface area contributed by atoms with E-state index in [1.807, 2.05) is 0 Å². The van der Waals surface area contributed by atoms with Crippen LogP contribution in [0.25, 0.3) is 10.6 Å². The van der Waals surface area contributed by atoms with Crippen LogP contribution in [0.1, 0.15) is 31.3 Å². The van der Waals surface area contributed by atoms with Crippen LogP contribution in [0.3, 0.4) is 0 Å². The van der Waals surface area contributed by atoms with Gasteiger partial charge in [0.1, 0.15) is 15.8 Å². The van der Waals surface area contributed by atoms with Crippen molar-refractivity contribution in [3.05, 3.63) is 48.2 Å². The van der Waals surface area contributed by atoms with E-state index in [1.54, 1.807) is 46.1 Å². The molecule has 10 heteroatoms. The molecule has 3 aromatic rings. The first-order valence-corrected chi connectivity index (χ1v) is 9.48. The van der Waals surface area contributed by atoms with Crippen molar-refractivity contribution >= 4 is 34.0 Å². The van der Waals surface area contributed by atoms with Gasteiger partial charge in [-0.25, -0.2) is 14.2 Å². The molecule has 0 fully saturated rings. The number of aryl methyl sites for hydroxylation is 1. The minimum Gasteiger partial charge on any atom is -0.465 e. The number of halogens is 1. The molecule has 2 N–H and O–H groups in total. The van der Waals surface area contributed by atoms with Gasteiger partial charge in [-0.05, 0) is 32.9 Å². The predicted octanol–water partition coefficient (Wildman–Crippen LogP) is 4.22. The van der Waals surface area contributed by atoms with E-state index in [0.717, 1.165) is 16.2 Å². The summed E-state index contributed by atoms with van der Waals surface area (Å²) in [6.07, 6.45) is 1.82. The lowest BCUT2D eigenvalue weighted by atomic mass is 10.1. The van der Waals surface area contributed by atoms with Crippen LogP contribution in [0.4, 0.5) is 19.9 Å². The van der Waals surface area contributed by atoms with Crippen molar-refractivity contribution in [2.75, 3.05) is 10.2 Å². The lowest BCUT2D eigenvalue weighted by Gasteiger charge is -2.32. The standard InChI is InChI=1S/C19H20FN5O3S/c1-19(2,3)25(18(27)28)17-14(15(26)22-11-9-21-24(4)10-11)23-16(29-17)12-7-5-6-8-13(12)20/h5-10H,1-4H3,(H,22,26)(H,27,28). The summed E-state index contributed by atoms with van der Waals surface area (Å²) < 4.78 is 15.8. The largest absolute Gasteiger partial charge is 0.465 e. The first-order valence-electron chi connectivity index (χ1n) is 8.67. The Hall–Kier alpha value is -3.27. The molecule has 29 heavy (non-hydrogen) atoms. The van der Waals surface area contributed by atoms with Crippen molar-refractivity contribution in [2.45, 2.75) is 26.3 Å². The molecule has 2 heterocycles. The molecular formula is C19H20FN5O3S. The number of hydrogen-bond donors (Lipinski definition) is 2. The fourth-order valence-electron chi connectivity index (χ4n) is 2.72. The third-order valence-electron chi connectivity index (χ3n) is 3.96. The van der Waals surface area contributed by atoms with E-state index >= 15 is 0 Å². The van der Waals surface area contributed by atoms with Crippen molar-refractivity contribution in [1.29, 1.82) is 0 Å². The molecule has 0 saturated carbocycles. The molecule has 0 spiro atoms. The van der Waals surface area contributed by atoms with Crippen molar-refractivity contribution in [3.63, 3.8) is 0 Å². The number of carboxylic acid groups (broad SMARTS) is 1. The molecule has 8 nitrogen and oxygen atoms in total. The molecule has 2 aromatic heterocycles. The van der Waals surface area contributed by atoms with Gasteiger partial charge in [0.2, 0.25) is 0 Å². The Kier molecular flexibility index (Phi) is 5.38. The van der Waals surface area contributed by atoms with Gasteiger partial charge in [-0.2, -0.15) is 5.10 Å². The summed E-state index contributed by atoms with van der Waals surface area (Å²) in [6, 6.07) is 6.00. The second-order valence-corrected chi connectivity index (χ2v) is 8.28. The van der Waals surface area contributed by atoms with Crippen LogP contribution in [-0.2, 0) is 7.05 Å². The van der Waals surface area contributed by atoms with Crippen LogP contribution in [0.15, 0.2) is 36.7 Å². The number of carbonyl (C=O) groups is 2. The summed E-state index contributed by atoms with van der Waals surface area (Å²) in [4.78, 5) is 30.2. The maximum absolute atomic E-state index is 14.3. The highest BCUT2D eigenvalue weighted by molar-refractivity contribution is 7.19. The molecule has 0 unspecified atom stereocenters. The monoisotopic (exact) mass is 417 g/mol. The number of nitrogens with zero attached hydrogens (tertiary/aromatic N) is 4. The topological polar surface area (TPSA) is 100 Å². The second kappa shape index (κ2) is 7.63. The SMILES string of the molecule is Cn1cc(NC(=O)c2nc(-c3ccccc3F)sc2N(C(=O)O)C(C)(C)C)cn1. The van der Waals surface area contributed by atoms with Gasteiger partial charge in [0.25, 0.3) is 5.91 Å². The summed E-state index contributed by atoms with van der Waals surface area (Å²) in [6.45, 7) is 5.10. The lowest BCUT2D eigenvalue weighted by Crippen LogP contribution is -2.45. The quantitative estimate of drug-likeness (QED) is 0.662. The van der Waals surface area contributed by atoms with Gasteiger partial charge in [0.05, 0.1) is 11.9 Å². The molecule has 1 aromatic carbocycles. The number of thiazole rings is 1. The van der Waals surface area contributed by atoms with Crippen LogP contribution in [0, 0.1) is 5.82 Å². The van der Waals surface area contributed by atoms with Crippen LogP contribution in [0.2, 0.25) is 0 Å². The number of anilines is 2. The minimum atomic E-state index is -1.24. The van der Waals surface area contributed by atoms with Gasteiger partial charge >= 0.3 is 6.09 Å². The van der Waals surface area contributed by atoms with Crippen LogP contribution in [0.5, 0.6) is 0 Å². The van der Waals surface area contributed by atoms with Gasteiger partial charge in [0, 0.05) is 24.3 Å². The molecule has 0 radical (unpaired) electrons. The summed E-state index contributed by atoms with van der Waals surface area (Å²) in [5, 5.41) is 16.7. The first kappa shape index (κ1) is 20.5. The maximum atomic E-state index is 14.3. The Morgan fingerprint density at radius 2 is 1.97 bits per heavy atom. The van der Waals surface area contributed by atoms with Crippen molar-refractivity contribution in [1.82, 2.24) is 14.8 Å². The predicted molar refractivity (Wildman–Crippen MR) is 109 cm³/mol. The lowest BCUT2D eigenvalue weighted by molar-refractivity contribution is 0.102. The number of amides is 2. The van der Waals surface area contributed by atoms with Crippen molar-refractivity contribution in [2.24, 2.45) is 7.05 Å². The van der Waals surface area contributed by atoms with E-state index in [1.165, 1.54) is 23.0 Å². The third-order valence-corrected chi connectivity index (χ3v) is 5.03. The van der Waals surface area contributed by atoms with Gasteiger partial charge in [0.15, 0.2) is 5.69 Å². The highest BCUT2D eigenvalue weighted by Gasteiger charge is 2.34. The molecule has 152 valence electrons. The summed E-state index contributed by atoms with van der Waals surface area (Å²) >= 11 is 0.946. The minimum absolute atomic E-state index is 0.102. The maximum Gasteiger partial charge on any atom is 0.413 e. The molecule has 0 aliphatic carbocycles. The number of aromatic nitrogens is 3. The number of benzene rings is 1. The van der Waals surface area contributed by atoms with E-state index in [-0.39, 0.29) is 21.3 Å². The smallest absolute Gasteiger partial charge is 0.413 e. The number of carbonyl (C=O) groups excluding carboxylic acids is 1. The fraction of sp³-hybridized carbons (Fsp3) is 0.263. The molecule has 0 aliphatic heterocycles. The zero-order valence-corrected chi connectivity index (χ0v) is 17.1. The Morgan fingerprint density at radius 3 is 2.52 bits per heavy atom. The molecule has 2 amide bonds. The molecule has 0 saturated heterocycles. The Morgan fingerprint density at radius 1 is 1.28 bits per heavy atom. The first-order chi connectivity index (χ1) is 13.6. The Balaban J connectivity index is 2.13. The molecule has 0 aliphatic rings. The van der Waals surface area contributed by atoms with E-state index < -0.39 is 23.4 Å². The third kappa shape index (κ3) is 4.27. The number of rotatable bonds is 4. The fourth-order valence-corrected chi connectivity index (χ4v) is 3.99. The van der Waals surface area contributed by atoms with E-state index in [9.17, 15) is 19.1 Å². The van der Waals surface area contributed by atoms with Crippen LogP contribution >= 0.6 is 11.3 Å². The van der Waals surface area contributed by atoms with Crippen LogP contribution in [-0.4, -0.2) is 37.4 Å². The normalized spacial score (nSPS) is 11.3. The molecule has 0 atom stereocenters. The van der Waals surface area contributed by atoms with Crippen LogP contribution < -0.4 is 10.2 Å². The zero-order chi connectivity index (χ0) is 21.3. The van der Waals surface area contributed by atoms with Gasteiger partial charge in [-0.15, -0.1) is 0 Å². The zero-order valence-electron chi connectivity index (χ0n) is 16.3. The van der Waals surface area contributed by atoms with E-state index in [2.05, 4.69) is 15.4 Å². The molecule has 0 bridgehead atoms. The average Bonchev–Trinajstić information content (AvgIpc) is 3.20. The molecular weight excluding hydrogens is 397 g/mol. The van der Waals surface area contributed by atoms with E-state index in [4.69, 9.17) is 0 Å². The summed E-state index contributed by atoms with van der Waals surface area (Å²) in [5.41, 5.74) is -0.330. The van der Waals surface area contributed by atoms with Gasteiger partial charge in [-0.3, -0.25) is 14.4 Å². The summed E-state index contributed by atoms with van der Waals surface area (Å²) in [5.74, 6) is -1.12. The van der Waals surface area contributed by atoms with E-state index in [0.29, 0.717) is 5.69 Å². The molecule has 3 rings (SSSR count). The Bertz CT molecular complexity index is 1070. The van der Waals surface area contributed by atoms with Crippen molar-refractivity contribution in [3.8, 4) is 10.6 Å². The second-order valence-electron chi connectivity index (χ2n) is 7.30. The average molecular weight is 417 g/mol. The van der Waals surface area contributed by atoms with Gasteiger partial charge < -0.3 is 10.4 Å². The summed E-state index contributed by atoms with van der Waals surface area (Å²) in [7, 11) is 1.70. The van der Waals surface area contributed by atoms with Gasteiger partial charge in [-0.1, -0.05) is 23.5 Å². The highest BCUT2D eigenvalue weighted by Crippen LogP contribution is 2.39. The Labute approximate surface area is 170 Å². The van der Waals surface area contributed by atoms with Crippen molar-refractivity contribution < 1.29 is 19.1 Å². The number of hydrogen-bond acceptors (Lipinski definition) is 5.